The Bertz CT molecular complexity index is 451. The van der Waals surface area contributed by atoms with Gasteiger partial charge in [0.1, 0.15) is 17.5 Å². The zero-order chi connectivity index (χ0) is 14.7. The van der Waals surface area contributed by atoms with Gasteiger partial charge in [0.25, 0.3) is 0 Å². The fraction of sp³-hybridized carbons (Fsp3) is 0.714. The molecule has 2 heterocycles. The Kier molecular flexibility index (Phi) is 4.77. The van der Waals surface area contributed by atoms with E-state index in [1.54, 1.807) is 6.07 Å². The normalized spacial score (nSPS) is 22.8. The minimum Gasteiger partial charge on any atom is -0.391 e. The molecule has 112 valence electrons. The average molecular weight is 279 g/mol. The molecule has 0 aliphatic carbocycles. The molecule has 1 aliphatic heterocycles. The van der Waals surface area contributed by atoms with E-state index in [2.05, 4.69) is 26.7 Å². The number of aliphatic hydroxyl groups is 1. The maximum absolute atomic E-state index is 9.95. The summed E-state index contributed by atoms with van der Waals surface area (Å²) >= 11 is 0. The Morgan fingerprint density at radius 2 is 2.20 bits per heavy atom. The fourth-order valence-electron chi connectivity index (χ4n) is 2.75. The van der Waals surface area contributed by atoms with Crippen LogP contribution in [0.25, 0.3) is 0 Å². The number of aliphatic hydroxyl groups excluding tert-OH is 1. The second kappa shape index (κ2) is 6.37. The monoisotopic (exact) mass is 279 g/mol. The molecule has 0 bridgehead atoms. The lowest BCUT2D eigenvalue weighted by Crippen LogP contribution is -2.38. The van der Waals surface area contributed by atoms with Crippen molar-refractivity contribution in [2.45, 2.75) is 38.3 Å². The number of aromatic nitrogens is 2. The zero-order valence-corrected chi connectivity index (χ0v) is 12.6. The van der Waals surface area contributed by atoms with Crippen molar-refractivity contribution in [3.05, 3.63) is 11.9 Å². The Morgan fingerprint density at radius 1 is 1.45 bits per heavy atom. The van der Waals surface area contributed by atoms with E-state index < -0.39 is 0 Å². The molecular formula is C14H25N5O. The zero-order valence-electron chi connectivity index (χ0n) is 12.6. The smallest absolute Gasteiger partial charge is 0.134 e. The van der Waals surface area contributed by atoms with Gasteiger partial charge < -0.3 is 20.6 Å². The number of hydrogen-bond acceptors (Lipinski definition) is 6. The molecule has 0 spiro atoms. The van der Waals surface area contributed by atoms with E-state index in [0.717, 1.165) is 37.4 Å². The average Bonchev–Trinajstić information content (AvgIpc) is 2.69. The minimum atomic E-state index is -0.300. The predicted molar refractivity (Wildman–Crippen MR) is 80.8 cm³/mol. The van der Waals surface area contributed by atoms with Crippen LogP contribution >= 0.6 is 0 Å². The first kappa shape index (κ1) is 15.0. The van der Waals surface area contributed by atoms with Gasteiger partial charge in [-0.25, -0.2) is 9.97 Å². The standard InChI is InChI=1S/C14H25N5O/c1-4-5-13-16-12(15)7-14(17-13)19-9-11(20)6-10(19)8-18(2)3/h7,10-11,20H,4-6,8-9H2,1-3H3,(H2,15,16,17). The van der Waals surface area contributed by atoms with E-state index in [4.69, 9.17) is 5.73 Å². The van der Waals surface area contributed by atoms with Gasteiger partial charge in [0.05, 0.1) is 6.10 Å². The van der Waals surface area contributed by atoms with Gasteiger partial charge in [-0.05, 0) is 26.9 Å². The summed E-state index contributed by atoms with van der Waals surface area (Å²) < 4.78 is 0. The summed E-state index contributed by atoms with van der Waals surface area (Å²) in [4.78, 5) is 13.2. The Morgan fingerprint density at radius 3 is 2.85 bits per heavy atom. The Hall–Kier alpha value is -1.40. The first-order valence-electron chi connectivity index (χ1n) is 7.22. The molecule has 0 radical (unpaired) electrons. The van der Waals surface area contributed by atoms with Gasteiger partial charge >= 0.3 is 0 Å². The highest BCUT2D eigenvalue weighted by Crippen LogP contribution is 2.26. The molecule has 0 amide bonds. The Labute approximate surface area is 120 Å². The number of nitrogen functional groups attached to an aromatic ring is 1. The van der Waals surface area contributed by atoms with Crippen molar-refractivity contribution in [3.63, 3.8) is 0 Å². The summed E-state index contributed by atoms with van der Waals surface area (Å²) in [5, 5.41) is 9.95. The molecule has 6 heteroatoms. The highest BCUT2D eigenvalue weighted by molar-refractivity contribution is 5.49. The van der Waals surface area contributed by atoms with Crippen LogP contribution in [-0.2, 0) is 6.42 Å². The summed E-state index contributed by atoms with van der Waals surface area (Å²) in [6.45, 7) is 3.60. The molecule has 0 saturated carbocycles. The molecule has 1 aromatic heterocycles. The van der Waals surface area contributed by atoms with E-state index in [1.807, 2.05) is 14.1 Å². The number of anilines is 2. The number of nitrogens with zero attached hydrogens (tertiary/aromatic N) is 4. The molecule has 6 nitrogen and oxygen atoms in total. The van der Waals surface area contributed by atoms with Gasteiger partial charge in [0.2, 0.25) is 0 Å². The quantitative estimate of drug-likeness (QED) is 0.818. The molecule has 0 aromatic carbocycles. The van der Waals surface area contributed by atoms with E-state index in [9.17, 15) is 5.11 Å². The Balaban J connectivity index is 2.23. The van der Waals surface area contributed by atoms with Crippen molar-refractivity contribution < 1.29 is 5.11 Å². The lowest BCUT2D eigenvalue weighted by molar-refractivity contribution is 0.191. The summed E-state index contributed by atoms with van der Waals surface area (Å²) in [5.74, 6) is 2.13. The number of hydrogen-bond donors (Lipinski definition) is 2. The predicted octanol–water partition coefficient (Wildman–Crippen LogP) is 0.513. The summed E-state index contributed by atoms with van der Waals surface area (Å²) in [6.07, 6.45) is 2.29. The molecule has 3 N–H and O–H groups in total. The SMILES string of the molecule is CCCc1nc(N)cc(N2CC(O)CC2CN(C)C)n1. The van der Waals surface area contributed by atoms with Crippen LogP contribution < -0.4 is 10.6 Å². The van der Waals surface area contributed by atoms with Crippen LogP contribution in [0.15, 0.2) is 6.07 Å². The summed E-state index contributed by atoms with van der Waals surface area (Å²) in [6, 6.07) is 2.07. The third kappa shape index (κ3) is 3.58. The third-order valence-electron chi connectivity index (χ3n) is 3.51. The van der Waals surface area contributed by atoms with Crippen molar-refractivity contribution in [3.8, 4) is 0 Å². The van der Waals surface area contributed by atoms with Gasteiger partial charge in [-0.3, -0.25) is 0 Å². The van der Waals surface area contributed by atoms with Crippen LogP contribution in [0.4, 0.5) is 11.6 Å². The molecule has 2 unspecified atom stereocenters. The molecule has 2 rings (SSSR count). The molecule has 1 saturated heterocycles. The minimum absolute atomic E-state index is 0.267. The van der Waals surface area contributed by atoms with Crippen LogP contribution in [-0.4, -0.2) is 59.3 Å². The summed E-state index contributed by atoms with van der Waals surface area (Å²) in [5.41, 5.74) is 5.89. The first-order chi connectivity index (χ1) is 9.49. The second-order valence-electron chi connectivity index (χ2n) is 5.78. The van der Waals surface area contributed by atoms with Crippen molar-refractivity contribution in [1.82, 2.24) is 14.9 Å². The first-order valence-corrected chi connectivity index (χ1v) is 7.22. The molecule has 1 aromatic rings. The van der Waals surface area contributed by atoms with E-state index >= 15 is 0 Å². The molecular weight excluding hydrogens is 254 g/mol. The third-order valence-corrected chi connectivity index (χ3v) is 3.51. The van der Waals surface area contributed by atoms with Gasteiger partial charge in [0, 0.05) is 31.6 Å². The molecule has 1 fully saturated rings. The molecule has 1 aliphatic rings. The number of β-amino-alcohol motifs (C(OH)–C–C–N with tert-alkyl or cyclic N) is 1. The van der Waals surface area contributed by atoms with Crippen molar-refractivity contribution in [2.24, 2.45) is 0 Å². The topological polar surface area (TPSA) is 78.5 Å². The van der Waals surface area contributed by atoms with Crippen LogP contribution in [0.1, 0.15) is 25.6 Å². The lowest BCUT2D eigenvalue weighted by atomic mass is 10.2. The molecule has 20 heavy (non-hydrogen) atoms. The van der Waals surface area contributed by atoms with Crippen molar-refractivity contribution in [2.75, 3.05) is 37.8 Å². The number of nitrogens with two attached hydrogens (primary N) is 1. The fourth-order valence-corrected chi connectivity index (χ4v) is 2.75. The van der Waals surface area contributed by atoms with Gasteiger partial charge in [-0.15, -0.1) is 0 Å². The van der Waals surface area contributed by atoms with E-state index in [1.165, 1.54) is 0 Å². The van der Waals surface area contributed by atoms with Gasteiger partial charge in [0.15, 0.2) is 0 Å². The highest BCUT2D eigenvalue weighted by atomic mass is 16.3. The highest BCUT2D eigenvalue weighted by Gasteiger charge is 2.32. The van der Waals surface area contributed by atoms with Crippen LogP contribution in [0.3, 0.4) is 0 Å². The number of aryl methyl sites for hydroxylation is 1. The lowest BCUT2D eigenvalue weighted by Gasteiger charge is -2.28. The second-order valence-corrected chi connectivity index (χ2v) is 5.78. The van der Waals surface area contributed by atoms with Crippen LogP contribution in [0, 0.1) is 0 Å². The largest absolute Gasteiger partial charge is 0.391 e. The maximum atomic E-state index is 9.95. The number of rotatable bonds is 5. The van der Waals surface area contributed by atoms with Gasteiger partial charge in [-0.2, -0.15) is 0 Å². The van der Waals surface area contributed by atoms with Crippen LogP contribution in [0.2, 0.25) is 0 Å². The van der Waals surface area contributed by atoms with E-state index in [-0.39, 0.29) is 12.1 Å². The summed E-state index contributed by atoms with van der Waals surface area (Å²) in [7, 11) is 4.08. The van der Waals surface area contributed by atoms with Crippen molar-refractivity contribution in [1.29, 1.82) is 0 Å². The van der Waals surface area contributed by atoms with Crippen molar-refractivity contribution >= 4 is 11.6 Å². The molecule has 2 atom stereocenters. The van der Waals surface area contributed by atoms with Crippen LogP contribution in [0.5, 0.6) is 0 Å². The van der Waals surface area contributed by atoms with E-state index in [0.29, 0.717) is 12.4 Å². The van der Waals surface area contributed by atoms with Gasteiger partial charge in [-0.1, -0.05) is 6.92 Å². The maximum Gasteiger partial charge on any atom is 0.134 e. The number of likely N-dealkylation sites (N-methyl/N-ethyl adjacent to an activating group) is 1.